The number of hydrogen-bond acceptors (Lipinski definition) is 8. The lowest BCUT2D eigenvalue weighted by Gasteiger charge is -2.20. The van der Waals surface area contributed by atoms with E-state index >= 15 is 0 Å². The number of benzene rings is 2. The molecule has 0 aliphatic carbocycles. The summed E-state index contributed by atoms with van der Waals surface area (Å²) in [7, 11) is 0. The Bertz CT molecular complexity index is 1280. The number of aliphatic hydroxyl groups excluding tert-OH is 2. The number of carbonyl (C=O) groups excluding carboxylic acids is 2. The van der Waals surface area contributed by atoms with E-state index in [0.717, 1.165) is 4.90 Å². The third kappa shape index (κ3) is 3.83. The Hall–Kier alpha value is -3.99. The number of amides is 2. The van der Waals surface area contributed by atoms with Gasteiger partial charge in [0.05, 0.1) is 19.0 Å². The van der Waals surface area contributed by atoms with Crippen LogP contribution in [0.3, 0.4) is 0 Å². The molecule has 2 aromatic carbocycles. The molecule has 2 amide bonds. The fourth-order valence-corrected chi connectivity index (χ4v) is 3.97. The van der Waals surface area contributed by atoms with Gasteiger partial charge in [-0.2, -0.15) is 0 Å². The van der Waals surface area contributed by atoms with Gasteiger partial charge in [-0.05, 0) is 24.3 Å². The predicted octanol–water partition coefficient (Wildman–Crippen LogP) is 1.95. The molecule has 5 rings (SSSR count). The number of hydrogen-bond donors (Lipinski definition) is 2. The molecule has 0 radical (unpaired) electrons. The molecule has 1 saturated heterocycles. The Labute approximate surface area is 194 Å². The minimum atomic E-state index is -0.843. The molecule has 10 nitrogen and oxygen atoms in total. The summed E-state index contributed by atoms with van der Waals surface area (Å²) in [4.78, 5) is 40.9. The van der Waals surface area contributed by atoms with Crippen molar-refractivity contribution in [3.63, 3.8) is 0 Å². The summed E-state index contributed by atoms with van der Waals surface area (Å²) in [6.45, 7) is -0.324. The molecule has 172 valence electrons. The highest BCUT2D eigenvalue weighted by atomic mass is 16.5. The van der Waals surface area contributed by atoms with E-state index in [-0.39, 0.29) is 24.4 Å². The molecule has 0 unspecified atom stereocenters. The van der Waals surface area contributed by atoms with Crippen LogP contribution in [0.25, 0.3) is 11.2 Å². The van der Waals surface area contributed by atoms with Gasteiger partial charge in [0, 0.05) is 17.5 Å². The van der Waals surface area contributed by atoms with Crippen LogP contribution in [-0.4, -0.2) is 60.4 Å². The summed E-state index contributed by atoms with van der Waals surface area (Å²) in [5.74, 6) is -1.09. The standard InChI is InChI=1S/C24H21N5O5/c30-12-18-17(31)11-19(34-18)28-14-27-20-21(28)25-13-26-22(20)29(23(32)15-7-3-1-4-8-15)24(33)16-9-5-2-6-10-16/h1-10,13-14,17-19,30-31H,11-12H2/t17-,18+,19+/m0/s1. The monoisotopic (exact) mass is 459 g/mol. The van der Waals surface area contributed by atoms with Crippen molar-refractivity contribution in [2.45, 2.75) is 24.9 Å². The van der Waals surface area contributed by atoms with Crippen molar-refractivity contribution >= 4 is 28.8 Å². The highest BCUT2D eigenvalue weighted by Gasteiger charge is 2.36. The summed E-state index contributed by atoms with van der Waals surface area (Å²) < 4.78 is 7.32. The van der Waals surface area contributed by atoms with Crippen LogP contribution in [0.15, 0.2) is 73.3 Å². The summed E-state index contributed by atoms with van der Waals surface area (Å²) in [5, 5.41) is 19.5. The molecule has 3 heterocycles. The van der Waals surface area contributed by atoms with Crippen LogP contribution in [0.1, 0.15) is 33.4 Å². The van der Waals surface area contributed by atoms with E-state index in [9.17, 15) is 19.8 Å². The SMILES string of the molecule is O=C(c1ccccc1)N(C(=O)c1ccccc1)c1ncnc2c1ncn2[C@H]1C[C@H](O)[C@@H](CO)O1. The van der Waals surface area contributed by atoms with E-state index in [1.54, 1.807) is 65.2 Å². The molecule has 10 heteroatoms. The van der Waals surface area contributed by atoms with Crippen molar-refractivity contribution < 1.29 is 24.5 Å². The zero-order valence-electron chi connectivity index (χ0n) is 17.9. The van der Waals surface area contributed by atoms with Crippen LogP contribution in [0, 0.1) is 0 Å². The molecular formula is C24H21N5O5. The number of nitrogens with zero attached hydrogens (tertiary/aromatic N) is 5. The molecule has 2 aromatic heterocycles. The third-order valence-electron chi connectivity index (χ3n) is 5.69. The van der Waals surface area contributed by atoms with Gasteiger partial charge in [-0.1, -0.05) is 36.4 Å². The lowest BCUT2D eigenvalue weighted by molar-refractivity contribution is -0.0432. The Morgan fingerprint density at radius 1 is 0.971 bits per heavy atom. The fourth-order valence-electron chi connectivity index (χ4n) is 3.97. The maximum Gasteiger partial charge on any atom is 0.266 e. The van der Waals surface area contributed by atoms with Crippen LogP contribution in [0.4, 0.5) is 5.82 Å². The van der Waals surface area contributed by atoms with E-state index in [0.29, 0.717) is 16.8 Å². The molecule has 0 saturated carbocycles. The first kappa shape index (κ1) is 21.8. The van der Waals surface area contributed by atoms with Crippen molar-refractivity contribution in [3.05, 3.63) is 84.4 Å². The van der Waals surface area contributed by atoms with E-state index in [1.165, 1.54) is 12.7 Å². The van der Waals surface area contributed by atoms with E-state index < -0.39 is 30.3 Å². The van der Waals surface area contributed by atoms with Crippen molar-refractivity contribution in [1.29, 1.82) is 0 Å². The number of anilines is 1. The normalized spacial score (nSPS) is 19.9. The Morgan fingerprint density at radius 3 is 2.15 bits per heavy atom. The second-order valence-corrected chi connectivity index (χ2v) is 7.81. The minimum absolute atomic E-state index is 0.0312. The van der Waals surface area contributed by atoms with Crippen molar-refractivity contribution in [3.8, 4) is 0 Å². The minimum Gasteiger partial charge on any atom is -0.394 e. The van der Waals surface area contributed by atoms with Crippen LogP contribution in [-0.2, 0) is 4.74 Å². The second kappa shape index (κ2) is 9.10. The summed E-state index contributed by atoms with van der Waals surface area (Å²) in [5.41, 5.74) is 1.17. The van der Waals surface area contributed by atoms with Crippen LogP contribution in [0.5, 0.6) is 0 Å². The molecule has 1 aliphatic heterocycles. The fraction of sp³-hybridized carbons (Fsp3) is 0.208. The van der Waals surface area contributed by atoms with Gasteiger partial charge in [0.25, 0.3) is 11.8 Å². The molecule has 1 fully saturated rings. The largest absolute Gasteiger partial charge is 0.394 e. The number of carbonyl (C=O) groups is 2. The molecule has 3 atom stereocenters. The first-order valence-electron chi connectivity index (χ1n) is 10.7. The molecular weight excluding hydrogens is 438 g/mol. The van der Waals surface area contributed by atoms with Gasteiger partial charge in [0.2, 0.25) is 0 Å². The Balaban J connectivity index is 1.61. The predicted molar refractivity (Wildman–Crippen MR) is 121 cm³/mol. The van der Waals surface area contributed by atoms with E-state index in [2.05, 4.69) is 15.0 Å². The maximum atomic E-state index is 13.5. The van der Waals surface area contributed by atoms with Gasteiger partial charge in [0.15, 0.2) is 17.0 Å². The summed E-state index contributed by atoms with van der Waals surface area (Å²) in [6, 6.07) is 16.9. The number of imide groups is 1. The summed E-state index contributed by atoms with van der Waals surface area (Å²) in [6.07, 6.45) is 0.741. The van der Waals surface area contributed by atoms with Crippen molar-refractivity contribution in [2.24, 2.45) is 0 Å². The lowest BCUT2D eigenvalue weighted by Crippen LogP contribution is -2.38. The van der Waals surface area contributed by atoms with Crippen molar-refractivity contribution in [1.82, 2.24) is 19.5 Å². The molecule has 34 heavy (non-hydrogen) atoms. The van der Waals surface area contributed by atoms with E-state index in [1.807, 2.05) is 0 Å². The quantitative estimate of drug-likeness (QED) is 0.433. The summed E-state index contributed by atoms with van der Waals surface area (Å²) >= 11 is 0. The molecule has 0 bridgehead atoms. The average Bonchev–Trinajstić information content (AvgIpc) is 3.48. The second-order valence-electron chi connectivity index (χ2n) is 7.81. The van der Waals surface area contributed by atoms with Crippen molar-refractivity contribution in [2.75, 3.05) is 11.5 Å². The van der Waals surface area contributed by atoms with Gasteiger partial charge >= 0.3 is 0 Å². The van der Waals surface area contributed by atoms with Gasteiger partial charge in [0.1, 0.15) is 18.7 Å². The number of aromatic nitrogens is 4. The van der Waals surface area contributed by atoms with Gasteiger partial charge < -0.3 is 14.9 Å². The topological polar surface area (TPSA) is 131 Å². The Morgan fingerprint density at radius 2 is 1.59 bits per heavy atom. The van der Waals surface area contributed by atoms with Crippen LogP contribution < -0.4 is 4.90 Å². The highest BCUT2D eigenvalue weighted by Crippen LogP contribution is 2.32. The van der Waals surface area contributed by atoms with E-state index in [4.69, 9.17) is 4.74 Å². The van der Waals surface area contributed by atoms with Crippen LogP contribution >= 0.6 is 0 Å². The van der Waals surface area contributed by atoms with Gasteiger partial charge in [-0.3, -0.25) is 14.2 Å². The molecule has 2 N–H and O–H groups in total. The van der Waals surface area contributed by atoms with Gasteiger partial charge in [-0.15, -0.1) is 0 Å². The maximum absolute atomic E-state index is 13.5. The molecule has 0 spiro atoms. The number of imidazole rings is 1. The number of rotatable bonds is 5. The first-order chi connectivity index (χ1) is 16.6. The number of fused-ring (bicyclic) bond motifs is 1. The lowest BCUT2D eigenvalue weighted by atomic mass is 10.1. The van der Waals surface area contributed by atoms with Crippen LogP contribution in [0.2, 0.25) is 0 Å². The number of ether oxygens (including phenoxy) is 1. The third-order valence-corrected chi connectivity index (χ3v) is 5.69. The van der Waals surface area contributed by atoms with Gasteiger partial charge in [-0.25, -0.2) is 19.9 Å². The highest BCUT2D eigenvalue weighted by molar-refractivity contribution is 6.27. The average molecular weight is 459 g/mol. The first-order valence-corrected chi connectivity index (χ1v) is 10.7. The zero-order valence-corrected chi connectivity index (χ0v) is 17.9. The zero-order chi connectivity index (χ0) is 23.7. The molecule has 1 aliphatic rings. The molecule has 4 aromatic rings. The Kier molecular flexibility index (Phi) is 5.84. The smallest absolute Gasteiger partial charge is 0.266 e. The number of aliphatic hydroxyl groups is 2.